The van der Waals surface area contributed by atoms with E-state index in [1.54, 1.807) is 0 Å². The first-order valence-electron chi connectivity index (χ1n) is 8.07. The van der Waals surface area contributed by atoms with Crippen molar-refractivity contribution >= 4 is 22.6 Å². The number of aryl methyl sites for hydroxylation is 2. The molecule has 122 valence electrons. The number of hydrogen-bond acceptors (Lipinski definition) is 5. The number of amides is 1. The van der Waals surface area contributed by atoms with Gasteiger partial charge in [-0.05, 0) is 18.1 Å². The van der Waals surface area contributed by atoms with Crippen LogP contribution in [0.3, 0.4) is 0 Å². The van der Waals surface area contributed by atoms with E-state index in [9.17, 15) is 4.79 Å². The molecule has 2 aromatic rings. The van der Waals surface area contributed by atoms with Gasteiger partial charge in [-0.25, -0.2) is 4.98 Å². The number of aromatic nitrogens is 2. The van der Waals surface area contributed by atoms with Crippen molar-refractivity contribution in [3.05, 3.63) is 41.2 Å². The zero-order valence-electron chi connectivity index (χ0n) is 13.7. The van der Waals surface area contributed by atoms with Gasteiger partial charge in [0.25, 0.3) is 0 Å². The third kappa shape index (κ3) is 3.69. The van der Waals surface area contributed by atoms with E-state index in [0.717, 1.165) is 49.1 Å². The summed E-state index contributed by atoms with van der Waals surface area (Å²) in [7, 11) is 0. The first kappa shape index (κ1) is 15.9. The first-order valence-corrected chi connectivity index (χ1v) is 8.84. The highest BCUT2D eigenvalue weighted by molar-refractivity contribution is 7.09. The molecule has 0 aliphatic carbocycles. The van der Waals surface area contributed by atoms with E-state index in [2.05, 4.69) is 34.2 Å². The van der Waals surface area contributed by atoms with E-state index < -0.39 is 0 Å². The predicted octanol–water partition coefficient (Wildman–Crippen LogP) is 2.30. The molecule has 1 aliphatic rings. The minimum atomic E-state index is 0.213. The normalized spacial score (nSPS) is 15.0. The molecule has 5 nitrogen and oxygen atoms in total. The Balaban J connectivity index is 1.56. The summed E-state index contributed by atoms with van der Waals surface area (Å²) in [4.78, 5) is 21.2. The molecule has 0 unspecified atom stereocenters. The molecule has 1 aromatic carbocycles. The molecule has 1 fully saturated rings. The number of piperazine rings is 1. The summed E-state index contributed by atoms with van der Waals surface area (Å²) in [6.45, 7) is 7.29. The molecular formula is C17H22N4OS. The predicted molar refractivity (Wildman–Crippen MR) is 93.0 cm³/mol. The van der Waals surface area contributed by atoms with Crippen LogP contribution >= 0.6 is 11.5 Å². The minimum absolute atomic E-state index is 0.213. The van der Waals surface area contributed by atoms with Gasteiger partial charge in [-0.15, -0.1) is 0 Å². The van der Waals surface area contributed by atoms with Gasteiger partial charge in [0.1, 0.15) is 5.82 Å². The van der Waals surface area contributed by atoms with Crippen LogP contribution < -0.4 is 4.90 Å². The summed E-state index contributed by atoms with van der Waals surface area (Å²) in [5.74, 6) is 1.12. The van der Waals surface area contributed by atoms with Crippen molar-refractivity contribution in [3.63, 3.8) is 0 Å². The second-order valence-electron chi connectivity index (χ2n) is 5.82. The Morgan fingerprint density at radius 1 is 1.22 bits per heavy atom. The summed E-state index contributed by atoms with van der Waals surface area (Å²) in [5.41, 5.74) is 2.30. The van der Waals surface area contributed by atoms with Crippen LogP contribution in [-0.2, 0) is 17.6 Å². The maximum absolute atomic E-state index is 12.5. The molecule has 1 saturated heterocycles. The third-order valence-corrected chi connectivity index (χ3v) is 5.09. The second-order valence-corrected chi connectivity index (χ2v) is 6.55. The topological polar surface area (TPSA) is 49.3 Å². The van der Waals surface area contributed by atoms with Gasteiger partial charge in [-0.3, -0.25) is 4.79 Å². The van der Waals surface area contributed by atoms with Crippen LogP contribution in [-0.4, -0.2) is 46.3 Å². The van der Waals surface area contributed by atoms with Gasteiger partial charge in [0.05, 0.1) is 6.42 Å². The Hall–Kier alpha value is -1.95. The molecule has 2 heterocycles. The average Bonchev–Trinajstić information content (AvgIpc) is 3.06. The molecule has 1 aliphatic heterocycles. The average molecular weight is 330 g/mol. The lowest BCUT2D eigenvalue weighted by molar-refractivity contribution is -0.130. The van der Waals surface area contributed by atoms with Crippen LogP contribution in [0.1, 0.15) is 23.9 Å². The van der Waals surface area contributed by atoms with E-state index in [1.165, 1.54) is 17.1 Å². The lowest BCUT2D eigenvalue weighted by atomic mass is 10.1. The molecule has 3 rings (SSSR count). The molecule has 0 saturated carbocycles. The fourth-order valence-electron chi connectivity index (χ4n) is 2.75. The van der Waals surface area contributed by atoms with E-state index in [1.807, 2.05) is 23.1 Å². The maximum Gasteiger partial charge on any atom is 0.227 e. The highest BCUT2D eigenvalue weighted by Crippen LogP contribution is 2.19. The highest BCUT2D eigenvalue weighted by atomic mass is 32.1. The van der Waals surface area contributed by atoms with E-state index in [4.69, 9.17) is 0 Å². The van der Waals surface area contributed by atoms with Crippen LogP contribution in [0, 0.1) is 6.92 Å². The molecule has 0 radical (unpaired) electrons. The summed E-state index contributed by atoms with van der Waals surface area (Å²) in [6, 6.07) is 8.10. The molecule has 1 amide bonds. The summed E-state index contributed by atoms with van der Waals surface area (Å²) >= 11 is 1.46. The van der Waals surface area contributed by atoms with Gasteiger partial charge in [0.15, 0.2) is 0 Å². The van der Waals surface area contributed by atoms with Crippen LogP contribution in [0.5, 0.6) is 0 Å². The van der Waals surface area contributed by atoms with Crippen molar-refractivity contribution in [1.82, 2.24) is 14.3 Å². The van der Waals surface area contributed by atoms with Gasteiger partial charge in [0, 0.05) is 44.1 Å². The maximum atomic E-state index is 12.5. The SMILES string of the molecule is CCc1nsc(N2CCN(C(=O)Cc3ccccc3C)CC2)n1. The van der Waals surface area contributed by atoms with E-state index in [-0.39, 0.29) is 5.91 Å². The van der Waals surface area contributed by atoms with Gasteiger partial charge in [-0.1, -0.05) is 31.2 Å². The van der Waals surface area contributed by atoms with Crippen molar-refractivity contribution in [2.75, 3.05) is 31.1 Å². The molecular weight excluding hydrogens is 308 g/mol. The Kier molecular flexibility index (Phi) is 4.91. The molecule has 6 heteroatoms. The summed E-state index contributed by atoms with van der Waals surface area (Å²) in [6.07, 6.45) is 1.36. The lowest BCUT2D eigenvalue weighted by Crippen LogP contribution is -2.49. The van der Waals surface area contributed by atoms with Gasteiger partial charge in [0.2, 0.25) is 11.0 Å². The quantitative estimate of drug-likeness (QED) is 0.863. The number of carbonyl (C=O) groups is 1. The van der Waals surface area contributed by atoms with Crippen LogP contribution in [0.2, 0.25) is 0 Å². The molecule has 1 aromatic heterocycles. The highest BCUT2D eigenvalue weighted by Gasteiger charge is 2.23. The van der Waals surface area contributed by atoms with Crippen molar-refractivity contribution in [3.8, 4) is 0 Å². The fourth-order valence-corrected chi connectivity index (χ4v) is 3.55. The van der Waals surface area contributed by atoms with Crippen LogP contribution in [0.4, 0.5) is 5.13 Å². The van der Waals surface area contributed by atoms with Gasteiger partial charge < -0.3 is 9.80 Å². The van der Waals surface area contributed by atoms with Crippen LogP contribution in [0.15, 0.2) is 24.3 Å². The van der Waals surface area contributed by atoms with Crippen molar-refractivity contribution in [2.24, 2.45) is 0 Å². The van der Waals surface area contributed by atoms with E-state index >= 15 is 0 Å². The zero-order valence-corrected chi connectivity index (χ0v) is 14.5. The van der Waals surface area contributed by atoms with Crippen molar-refractivity contribution < 1.29 is 4.79 Å². The number of carbonyl (C=O) groups excluding carboxylic acids is 1. The number of anilines is 1. The monoisotopic (exact) mass is 330 g/mol. The summed E-state index contributed by atoms with van der Waals surface area (Å²) < 4.78 is 4.34. The molecule has 0 N–H and O–H groups in total. The number of hydrogen-bond donors (Lipinski definition) is 0. The number of benzene rings is 1. The fraction of sp³-hybridized carbons (Fsp3) is 0.471. The third-order valence-electron chi connectivity index (χ3n) is 4.28. The summed E-state index contributed by atoms with van der Waals surface area (Å²) in [5, 5.41) is 0.979. The second kappa shape index (κ2) is 7.08. The first-order chi connectivity index (χ1) is 11.2. The van der Waals surface area contributed by atoms with Crippen LogP contribution in [0.25, 0.3) is 0 Å². The smallest absolute Gasteiger partial charge is 0.227 e. The number of rotatable bonds is 4. The van der Waals surface area contributed by atoms with Crippen molar-refractivity contribution in [2.45, 2.75) is 26.7 Å². The Bertz CT molecular complexity index is 677. The standard InChI is InChI=1S/C17H22N4OS/c1-3-15-18-17(23-19-15)21-10-8-20(9-11-21)16(22)12-14-7-5-4-6-13(14)2/h4-7H,3,8-12H2,1-2H3. The Labute approximate surface area is 141 Å². The Morgan fingerprint density at radius 2 is 1.96 bits per heavy atom. The number of nitrogens with zero attached hydrogens (tertiary/aromatic N) is 4. The molecule has 23 heavy (non-hydrogen) atoms. The van der Waals surface area contributed by atoms with E-state index in [0.29, 0.717) is 6.42 Å². The lowest BCUT2D eigenvalue weighted by Gasteiger charge is -2.34. The minimum Gasteiger partial charge on any atom is -0.343 e. The molecule has 0 spiro atoms. The molecule has 0 bridgehead atoms. The van der Waals surface area contributed by atoms with Gasteiger partial charge in [-0.2, -0.15) is 4.37 Å². The zero-order chi connectivity index (χ0) is 16.2. The molecule has 0 atom stereocenters. The van der Waals surface area contributed by atoms with Crippen molar-refractivity contribution in [1.29, 1.82) is 0 Å². The largest absolute Gasteiger partial charge is 0.343 e. The van der Waals surface area contributed by atoms with Gasteiger partial charge >= 0.3 is 0 Å². The Morgan fingerprint density at radius 3 is 2.61 bits per heavy atom.